The molecule has 0 aliphatic heterocycles. The standard InChI is InChI=1S/2C14H15N2O.Pt/c2*1-16(2)12-8-9-15-14(10-12)11-4-6-13(17-3)7-5-11;/h2*4,6-10H,1-3H3;/q2*-1;+2. The molecule has 0 unspecified atom stereocenters. The van der Waals surface area contributed by atoms with Gasteiger partial charge in [-0.25, -0.2) is 0 Å². The Kier molecular flexibility index (Phi) is 10.7. The van der Waals surface area contributed by atoms with Gasteiger partial charge in [0.1, 0.15) is 0 Å². The van der Waals surface area contributed by atoms with Gasteiger partial charge in [-0.15, -0.1) is 59.7 Å². The van der Waals surface area contributed by atoms with Crippen LogP contribution in [0.3, 0.4) is 0 Å². The van der Waals surface area contributed by atoms with E-state index in [9.17, 15) is 0 Å². The van der Waals surface area contributed by atoms with Gasteiger partial charge in [0.2, 0.25) is 0 Å². The summed E-state index contributed by atoms with van der Waals surface area (Å²) in [6.07, 6.45) is 3.62. The molecule has 2 aromatic carbocycles. The summed E-state index contributed by atoms with van der Waals surface area (Å²) in [6, 6.07) is 25.7. The molecular formula is C28H30N4O2Pt. The predicted molar refractivity (Wildman–Crippen MR) is 139 cm³/mol. The van der Waals surface area contributed by atoms with E-state index in [-0.39, 0.29) is 21.1 Å². The smallest absolute Gasteiger partial charge is 0.540 e. The fourth-order valence-electron chi connectivity index (χ4n) is 3.08. The van der Waals surface area contributed by atoms with Gasteiger partial charge in [0, 0.05) is 63.5 Å². The zero-order valence-electron chi connectivity index (χ0n) is 20.8. The van der Waals surface area contributed by atoms with Gasteiger partial charge in [-0.2, -0.15) is 0 Å². The third-order valence-electron chi connectivity index (χ3n) is 5.11. The number of methoxy groups -OCH3 is 2. The summed E-state index contributed by atoms with van der Waals surface area (Å²) in [7, 11) is 11.3. The average Bonchev–Trinajstić information content (AvgIpc) is 2.89. The topological polar surface area (TPSA) is 50.7 Å². The predicted octanol–water partition coefficient (Wildman–Crippen LogP) is 5.24. The largest absolute Gasteiger partial charge is 2.00 e. The van der Waals surface area contributed by atoms with Crippen molar-refractivity contribution in [2.75, 3.05) is 52.2 Å². The summed E-state index contributed by atoms with van der Waals surface area (Å²) in [6.45, 7) is 0. The van der Waals surface area contributed by atoms with E-state index >= 15 is 0 Å². The number of hydrogen-bond donors (Lipinski definition) is 0. The molecule has 7 heteroatoms. The normalized spacial score (nSPS) is 9.77. The molecular weight excluding hydrogens is 619 g/mol. The minimum Gasteiger partial charge on any atom is -0.540 e. The molecule has 0 bridgehead atoms. The Bertz CT molecular complexity index is 1090. The molecule has 0 aliphatic rings. The first kappa shape index (κ1) is 27.9. The molecule has 4 rings (SSSR count). The molecule has 35 heavy (non-hydrogen) atoms. The molecule has 0 saturated heterocycles. The maximum atomic E-state index is 5.11. The van der Waals surface area contributed by atoms with E-state index in [0.717, 1.165) is 45.4 Å². The van der Waals surface area contributed by atoms with Crippen molar-refractivity contribution in [1.82, 2.24) is 9.97 Å². The summed E-state index contributed by atoms with van der Waals surface area (Å²) in [5.74, 6) is 1.61. The second-order valence-corrected chi connectivity index (χ2v) is 7.87. The van der Waals surface area contributed by atoms with Gasteiger partial charge in [-0.3, -0.25) is 0 Å². The van der Waals surface area contributed by atoms with Crippen molar-refractivity contribution >= 4 is 11.4 Å². The van der Waals surface area contributed by atoms with Crippen molar-refractivity contribution in [3.63, 3.8) is 0 Å². The van der Waals surface area contributed by atoms with E-state index in [1.807, 2.05) is 101 Å². The number of nitrogens with zero attached hydrogens (tertiary/aromatic N) is 4. The van der Waals surface area contributed by atoms with Crippen molar-refractivity contribution in [3.8, 4) is 34.0 Å². The van der Waals surface area contributed by atoms with Crippen LogP contribution in [0.5, 0.6) is 11.5 Å². The summed E-state index contributed by atoms with van der Waals surface area (Å²) < 4.78 is 10.2. The summed E-state index contributed by atoms with van der Waals surface area (Å²) in [5, 5.41) is 0. The maximum Gasteiger partial charge on any atom is 2.00 e. The van der Waals surface area contributed by atoms with Gasteiger partial charge in [0.15, 0.2) is 0 Å². The molecule has 6 nitrogen and oxygen atoms in total. The van der Waals surface area contributed by atoms with Crippen LogP contribution in [0, 0.1) is 12.1 Å². The Hall–Kier alpha value is -3.37. The minimum atomic E-state index is 0. The number of rotatable bonds is 6. The number of benzene rings is 2. The van der Waals surface area contributed by atoms with Crippen molar-refractivity contribution in [2.45, 2.75) is 0 Å². The van der Waals surface area contributed by atoms with Gasteiger partial charge < -0.3 is 29.2 Å². The SMILES string of the molecule is COc1c[c-]c(-c2cc(N(C)C)ccn2)cc1.COc1c[c-]c(-c2cc(N(C)C)ccn2)cc1.[Pt+2]. The van der Waals surface area contributed by atoms with E-state index < -0.39 is 0 Å². The fraction of sp³-hybridized carbons (Fsp3) is 0.214. The van der Waals surface area contributed by atoms with Crippen LogP contribution in [0.2, 0.25) is 0 Å². The Labute approximate surface area is 222 Å². The van der Waals surface area contributed by atoms with Gasteiger partial charge in [-0.05, 0) is 23.5 Å². The van der Waals surface area contributed by atoms with Crippen molar-refractivity contribution in [2.24, 2.45) is 0 Å². The third-order valence-corrected chi connectivity index (χ3v) is 5.11. The molecule has 0 amide bonds. The van der Waals surface area contributed by atoms with Crippen LogP contribution in [-0.2, 0) is 21.1 Å². The van der Waals surface area contributed by atoms with E-state index in [0.29, 0.717) is 0 Å². The van der Waals surface area contributed by atoms with Gasteiger partial charge >= 0.3 is 21.1 Å². The average molecular weight is 650 g/mol. The number of aromatic nitrogens is 2. The van der Waals surface area contributed by atoms with Crippen molar-refractivity contribution in [1.29, 1.82) is 0 Å². The van der Waals surface area contributed by atoms with E-state index in [2.05, 4.69) is 31.9 Å². The Balaban J connectivity index is 0.000000240. The zero-order chi connectivity index (χ0) is 24.5. The Morgan fingerprint density at radius 2 is 1.03 bits per heavy atom. The molecule has 4 aromatic rings. The van der Waals surface area contributed by atoms with Crippen molar-refractivity contribution < 1.29 is 30.5 Å². The fourth-order valence-corrected chi connectivity index (χ4v) is 3.08. The monoisotopic (exact) mass is 649 g/mol. The molecule has 0 radical (unpaired) electrons. The summed E-state index contributed by atoms with van der Waals surface area (Å²) in [5.41, 5.74) is 6.01. The van der Waals surface area contributed by atoms with Gasteiger partial charge in [-0.1, -0.05) is 12.1 Å². The molecule has 184 valence electrons. The van der Waals surface area contributed by atoms with Crippen LogP contribution in [0.4, 0.5) is 11.4 Å². The van der Waals surface area contributed by atoms with Crippen LogP contribution in [0.25, 0.3) is 22.5 Å². The summed E-state index contributed by atoms with van der Waals surface area (Å²) in [4.78, 5) is 12.8. The first-order chi connectivity index (χ1) is 16.4. The zero-order valence-corrected chi connectivity index (χ0v) is 23.1. The molecule has 2 heterocycles. The first-order valence-corrected chi connectivity index (χ1v) is 10.8. The molecule has 0 spiro atoms. The number of anilines is 2. The van der Waals surface area contributed by atoms with Crippen LogP contribution in [-0.4, -0.2) is 52.4 Å². The molecule has 0 atom stereocenters. The Morgan fingerprint density at radius 3 is 1.31 bits per heavy atom. The van der Waals surface area contributed by atoms with Crippen LogP contribution in [0.15, 0.2) is 73.1 Å². The van der Waals surface area contributed by atoms with Gasteiger partial charge in [0.05, 0.1) is 14.2 Å². The van der Waals surface area contributed by atoms with E-state index in [4.69, 9.17) is 9.47 Å². The number of ether oxygens (including phenoxy) is 2. The van der Waals surface area contributed by atoms with E-state index in [1.54, 1.807) is 14.2 Å². The number of pyridine rings is 2. The molecule has 0 N–H and O–H groups in total. The summed E-state index contributed by atoms with van der Waals surface area (Å²) >= 11 is 0. The molecule has 0 saturated carbocycles. The van der Waals surface area contributed by atoms with Crippen molar-refractivity contribution in [3.05, 3.63) is 85.2 Å². The second kappa shape index (κ2) is 13.5. The molecule has 0 aliphatic carbocycles. The maximum absolute atomic E-state index is 5.11. The van der Waals surface area contributed by atoms with Gasteiger partial charge in [0.25, 0.3) is 0 Å². The minimum absolute atomic E-state index is 0. The van der Waals surface area contributed by atoms with Crippen LogP contribution in [0.1, 0.15) is 0 Å². The first-order valence-electron chi connectivity index (χ1n) is 10.8. The molecule has 2 aromatic heterocycles. The quantitative estimate of drug-likeness (QED) is 0.267. The number of hydrogen-bond acceptors (Lipinski definition) is 6. The second-order valence-electron chi connectivity index (χ2n) is 7.87. The van der Waals surface area contributed by atoms with E-state index in [1.165, 1.54) is 0 Å². The Morgan fingerprint density at radius 1 is 0.629 bits per heavy atom. The van der Waals surface area contributed by atoms with Crippen LogP contribution < -0.4 is 19.3 Å². The third kappa shape index (κ3) is 7.83. The van der Waals surface area contributed by atoms with Crippen LogP contribution >= 0.6 is 0 Å². The molecule has 0 fully saturated rings.